The van der Waals surface area contributed by atoms with Gasteiger partial charge in [0, 0.05) is 20.3 Å². The maximum Gasteiger partial charge on any atom is 0.241 e. The lowest BCUT2D eigenvalue weighted by atomic mass is 9.37. The summed E-state index contributed by atoms with van der Waals surface area (Å²) >= 11 is 0. The second-order valence-corrected chi connectivity index (χ2v) is 6.75. The topological polar surface area (TPSA) is 16.1 Å². The number of rotatable bonds is 4. The second-order valence-electron chi connectivity index (χ2n) is 6.75. The van der Waals surface area contributed by atoms with Crippen LogP contribution >= 0.6 is 0 Å². The van der Waals surface area contributed by atoms with Crippen molar-refractivity contribution in [3.63, 3.8) is 0 Å². The molecule has 0 saturated heterocycles. The quantitative estimate of drug-likeness (QED) is 0.517. The molecule has 4 rings (SSSR count). The van der Waals surface area contributed by atoms with E-state index in [1.54, 1.807) is 6.20 Å². The van der Waals surface area contributed by atoms with Gasteiger partial charge in [0.2, 0.25) is 6.71 Å². The Morgan fingerprint density at radius 1 is 0.536 bits per heavy atom. The van der Waals surface area contributed by atoms with Crippen LogP contribution in [0.1, 0.15) is 0 Å². The molecular weight excluding hydrogens is 339 g/mol. The first kappa shape index (κ1) is 19.4. The van der Waals surface area contributed by atoms with Crippen LogP contribution in [0.15, 0.2) is 115 Å². The molecule has 3 heteroatoms. The highest BCUT2D eigenvalue weighted by molar-refractivity contribution is 6.95. The second kappa shape index (κ2) is 10.1. The summed E-state index contributed by atoms with van der Waals surface area (Å²) in [5, 5.41) is 0. The molecule has 0 atom stereocenters. The van der Waals surface area contributed by atoms with Gasteiger partial charge in [-0.05, 0) is 12.1 Å². The molecule has 0 amide bonds. The first-order valence-corrected chi connectivity index (χ1v) is 9.49. The largest absolute Gasteiger partial charge is 0.363 e. The maximum absolute atomic E-state index is 4.10. The standard InChI is InChI=1S/C18H15B.C7H10N2/c1-4-10-16(11-5-1)19(17-12-6-2-7-13-17)18-14-8-3-9-15-18;1-9(2)7-5-3-4-6-8-7/h1-15H;3-6H,1-2H3. The molecule has 0 spiro atoms. The molecule has 0 aliphatic heterocycles. The van der Waals surface area contributed by atoms with Crippen molar-refractivity contribution in [2.45, 2.75) is 0 Å². The molecule has 0 aliphatic rings. The van der Waals surface area contributed by atoms with E-state index in [4.69, 9.17) is 0 Å². The summed E-state index contributed by atoms with van der Waals surface area (Å²) in [4.78, 5) is 6.08. The normalized spacial score (nSPS) is 9.79. The predicted molar refractivity (Wildman–Crippen MR) is 123 cm³/mol. The van der Waals surface area contributed by atoms with Crippen LogP contribution in [0, 0.1) is 0 Å². The monoisotopic (exact) mass is 364 g/mol. The Morgan fingerprint density at radius 3 is 1.21 bits per heavy atom. The lowest BCUT2D eigenvalue weighted by molar-refractivity contribution is 1.07. The Balaban J connectivity index is 0.000000211. The van der Waals surface area contributed by atoms with Crippen molar-refractivity contribution >= 4 is 28.9 Å². The van der Waals surface area contributed by atoms with Gasteiger partial charge in [-0.2, -0.15) is 0 Å². The fraction of sp³-hybridized carbons (Fsp3) is 0.0800. The average molecular weight is 364 g/mol. The first-order chi connectivity index (χ1) is 13.8. The zero-order valence-corrected chi connectivity index (χ0v) is 16.4. The molecule has 0 fully saturated rings. The van der Waals surface area contributed by atoms with Crippen LogP contribution in [0.4, 0.5) is 5.82 Å². The Morgan fingerprint density at radius 2 is 0.929 bits per heavy atom. The van der Waals surface area contributed by atoms with E-state index in [9.17, 15) is 0 Å². The Hall–Kier alpha value is -3.33. The van der Waals surface area contributed by atoms with Crippen molar-refractivity contribution in [1.29, 1.82) is 0 Å². The van der Waals surface area contributed by atoms with E-state index < -0.39 is 0 Å². The number of benzene rings is 3. The Labute approximate surface area is 168 Å². The molecule has 0 N–H and O–H groups in total. The minimum Gasteiger partial charge on any atom is -0.363 e. The average Bonchev–Trinajstić information content (AvgIpc) is 2.77. The first-order valence-electron chi connectivity index (χ1n) is 9.49. The number of aromatic nitrogens is 1. The molecule has 0 bridgehead atoms. The highest BCUT2D eigenvalue weighted by atomic mass is 15.1. The maximum atomic E-state index is 4.10. The van der Waals surface area contributed by atoms with Crippen LogP contribution in [-0.4, -0.2) is 25.8 Å². The molecule has 3 aromatic carbocycles. The molecule has 0 aliphatic carbocycles. The molecule has 28 heavy (non-hydrogen) atoms. The highest BCUT2D eigenvalue weighted by Crippen LogP contribution is 2.02. The summed E-state index contributed by atoms with van der Waals surface area (Å²) in [7, 11) is 3.95. The van der Waals surface area contributed by atoms with Gasteiger partial charge >= 0.3 is 0 Å². The molecule has 138 valence electrons. The van der Waals surface area contributed by atoms with Gasteiger partial charge < -0.3 is 4.90 Å². The van der Waals surface area contributed by atoms with E-state index in [2.05, 4.69) is 96.0 Å². The van der Waals surface area contributed by atoms with Crippen LogP contribution in [0.3, 0.4) is 0 Å². The molecule has 0 radical (unpaired) electrons. The number of pyridine rings is 1. The Kier molecular flexibility index (Phi) is 7.03. The van der Waals surface area contributed by atoms with Crippen molar-refractivity contribution < 1.29 is 0 Å². The molecule has 1 heterocycles. The third kappa shape index (κ3) is 5.34. The van der Waals surface area contributed by atoms with Crippen LogP contribution in [0.2, 0.25) is 0 Å². The number of anilines is 1. The van der Waals surface area contributed by atoms with Gasteiger partial charge in [0.15, 0.2) is 0 Å². The molecule has 1 aromatic heterocycles. The summed E-state index contributed by atoms with van der Waals surface area (Å²) in [5.74, 6) is 0.998. The Bertz CT molecular complexity index is 833. The van der Waals surface area contributed by atoms with E-state index in [0.717, 1.165) is 5.82 Å². The molecule has 2 nitrogen and oxygen atoms in total. The number of nitrogens with zero attached hydrogens (tertiary/aromatic N) is 2. The highest BCUT2D eigenvalue weighted by Gasteiger charge is 2.20. The molecular formula is C25H25BN2. The van der Waals surface area contributed by atoms with E-state index in [-0.39, 0.29) is 0 Å². The van der Waals surface area contributed by atoms with Crippen molar-refractivity contribution in [1.82, 2.24) is 4.98 Å². The fourth-order valence-corrected chi connectivity index (χ4v) is 3.13. The van der Waals surface area contributed by atoms with Gasteiger partial charge in [-0.25, -0.2) is 4.98 Å². The summed E-state index contributed by atoms with van der Waals surface area (Å²) < 4.78 is 0. The summed E-state index contributed by atoms with van der Waals surface area (Å²) in [5.41, 5.74) is 4.00. The van der Waals surface area contributed by atoms with E-state index >= 15 is 0 Å². The number of hydrogen-bond acceptors (Lipinski definition) is 2. The summed E-state index contributed by atoms with van der Waals surface area (Å²) in [6.45, 7) is 0.309. The SMILES string of the molecule is CN(C)c1ccccn1.c1ccc(B(c2ccccc2)c2ccccc2)cc1. The van der Waals surface area contributed by atoms with Crippen molar-refractivity contribution in [3.8, 4) is 0 Å². The van der Waals surface area contributed by atoms with E-state index in [1.807, 2.05) is 37.2 Å². The lowest BCUT2D eigenvalue weighted by Gasteiger charge is -2.15. The van der Waals surface area contributed by atoms with Gasteiger partial charge in [-0.1, -0.05) is 113 Å². The summed E-state index contributed by atoms with van der Waals surface area (Å²) in [6, 6.07) is 37.9. The number of hydrogen-bond donors (Lipinski definition) is 0. The van der Waals surface area contributed by atoms with Crippen molar-refractivity contribution in [2.75, 3.05) is 19.0 Å². The van der Waals surface area contributed by atoms with Crippen LogP contribution in [0.25, 0.3) is 0 Å². The third-order valence-corrected chi connectivity index (χ3v) is 4.51. The van der Waals surface area contributed by atoms with Gasteiger partial charge in [0.1, 0.15) is 5.82 Å². The van der Waals surface area contributed by atoms with Crippen molar-refractivity contribution in [3.05, 3.63) is 115 Å². The lowest BCUT2D eigenvalue weighted by Crippen LogP contribution is -2.51. The third-order valence-electron chi connectivity index (χ3n) is 4.51. The predicted octanol–water partition coefficient (Wildman–Crippen LogP) is 3.35. The fourth-order valence-electron chi connectivity index (χ4n) is 3.13. The summed E-state index contributed by atoms with van der Waals surface area (Å²) in [6.07, 6.45) is 1.79. The smallest absolute Gasteiger partial charge is 0.241 e. The van der Waals surface area contributed by atoms with Crippen LogP contribution < -0.4 is 21.3 Å². The molecule has 0 saturated carbocycles. The van der Waals surface area contributed by atoms with Gasteiger partial charge in [-0.15, -0.1) is 0 Å². The zero-order chi connectivity index (χ0) is 19.6. The zero-order valence-electron chi connectivity index (χ0n) is 16.4. The van der Waals surface area contributed by atoms with E-state index in [0.29, 0.717) is 6.71 Å². The van der Waals surface area contributed by atoms with Gasteiger partial charge in [0.05, 0.1) is 0 Å². The molecule has 4 aromatic rings. The minimum atomic E-state index is 0.309. The molecule has 0 unspecified atom stereocenters. The van der Waals surface area contributed by atoms with Crippen LogP contribution in [-0.2, 0) is 0 Å². The minimum absolute atomic E-state index is 0.309. The van der Waals surface area contributed by atoms with Crippen LogP contribution in [0.5, 0.6) is 0 Å². The van der Waals surface area contributed by atoms with E-state index in [1.165, 1.54) is 16.4 Å². The van der Waals surface area contributed by atoms with Gasteiger partial charge in [-0.3, -0.25) is 0 Å². The van der Waals surface area contributed by atoms with Crippen molar-refractivity contribution in [2.24, 2.45) is 0 Å². The van der Waals surface area contributed by atoms with Gasteiger partial charge in [0.25, 0.3) is 0 Å².